The monoisotopic (exact) mass is 542 g/mol. The summed E-state index contributed by atoms with van der Waals surface area (Å²) in [6.45, 7) is 1.44. The van der Waals surface area contributed by atoms with Crippen molar-refractivity contribution in [2.75, 3.05) is 5.32 Å². The molecule has 0 aliphatic carbocycles. The first-order chi connectivity index (χ1) is 17.1. The summed E-state index contributed by atoms with van der Waals surface area (Å²) >= 11 is 6.79. The molecule has 3 aromatic rings. The second-order valence-corrected chi connectivity index (χ2v) is 10.7. The topological polar surface area (TPSA) is 110 Å². The second-order valence-electron chi connectivity index (χ2n) is 7.71. The number of carbonyl (C=O) groups is 3. The molecule has 1 aliphatic heterocycles. The molecule has 11 heteroatoms. The highest BCUT2D eigenvalue weighted by molar-refractivity contribution is 8.18. The van der Waals surface area contributed by atoms with Gasteiger partial charge in [0.1, 0.15) is 10.6 Å². The summed E-state index contributed by atoms with van der Waals surface area (Å²) in [5.74, 6) is -0.697. The summed E-state index contributed by atoms with van der Waals surface area (Å²) < 4.78 is 30.6. The molecule has 1 aliphatic rings. The van der Waals surface area contributed by atoms with Gasteiger partial charge < -0.3 is 9.50 Å². The van der Waals surface area contributed by atoms with Crippen LogP contribution in [0.25, 0.3) is 6.08 Å². The summed E-state index contributed by atoms with van der Waals surface area (Å²) in [4.78, 5) is 37.6. The lowest BCUT2D eigenvalue weighted by Crippen LogP contribution is -2.27. The smallest absolute Gasteiger partial charge is 0.339 e. The Balaban J connectivity index is 1.49. The number of nitrogens with zero attached hydrogens (tertiary/aromatic N) is 1. The predicted octanol–water partition coefficient (Wildman–Crippen LogP) is 5.30. The van der Waals surface area contributed by atoms with Crippen molar-refractivity contribution < 1.29 is 27.0 Å². The van der Waals surface area contributed by atoms with Crippen molar-refractivity contribution >= 4 is 62.3 Å². The van der Waals surface area contributed by atoms with E-state index in [1.165, 1.54) is 49.4 Å². The Hall–Kier alpha value is -3.60. The summed E-state index contributed by atoms with van der Waals surface area (Å²) in [5.41, 5.74) is 1.65. The molecule has 0 saturated carbocycles. The predicted molar refractivity (Wildman–Crippen MR) is 138 cm³/mol. The molecule has 0 unspecified atom stereocenters. The van der Waals surface area contributed by atoms with Crippen molar-refractivity contribution in [3.63, 3.8) is 0 Å². The number of benzene rings is 3. The molecule has 1 N–H and O–H groups in total. The molecule has 0 atom stereocenters. The molecule has 1 fully saturated rings. The zero-order chi connectivity index (χ0) is 25.9. The molecular weight excluding hydrogens is 524 g/mol. The molecule has 1 heterocycles. The van der Waals surface area contributed by atoms with E-state index in [-0.39, 0.29) is 28.0 Å². The van der Waals surface area contributed by atoms with Gasteiger partial charge in [-0.25, -0.2) is 0 Å². The fourth-order valence-electron chi connectivity index (χ4n) is 3.34. The third kappa shape index (κ3) is 6.14. The van der Waals surface area contributed by atoms with Crippen LogP contribution >= 0.6 is 23.4 Å². The van der Waals surface area contributed by atoms with Gasteiger partial charge in [-0.2, -0.15) is 8.42 Å². The van der Waals surface area contributed by atoms with Gasteiger partial charge in [0.05, 0.1) is 11.4 Å². The minimum Gasteiger partial charge on any atom is -0.379 e. The highest BCUT2D eigenvalue weighted by Gasteiger charge is 2.35. The highest BCUT2D eigenvalue weighted by atomic mass is 35.5. The normalized spacial score (nSPS) is 14.8. The van der Waals surface area contributed by atoms with Gasteiger partial charge in [0.2, 0.25) is 5.91 Å². The van der Waals surface area contributed by atoms with Crippen LogP contribution in [0.2, 0.25) is 5.02 Å². The maximum absolute atomic E-state index is 12.8. The van der Waals surface area contributed by atoms with Crippen LogP contribution in [-0.2, 0) is 26.3 Å². The van der Waals surface area contributed by atoms with Gasteiger partial charge in [-0.1, -0.05) is 35.9 Å². The van der Waals surface area contributed by atoms with Gasteiger partial charge in [-0.3, -0.25) is 19.3 Å². The Morgan fingerprint density at radius 3 is 2.47 bits per heavy atom. The zero-order valence-electron chi connectivity index (χ0n) is 18.8. The lowest BCUT2D eigenvalue weighted by atomic mass is 10.2. The van der Waals surface area contributed by atoms with E-state index in [4.69, 9.17) is 15.8 Å². The summed E-state index contributed by atoms with van der Waals surface area (Å²) in [6.07, 6.45) is 1.50. The van der Waals surface area contributed by atoms with E-state index >= 15 is 0 Å². The summed E-state index contributed by atoms with van der Waals surface area (Å²) in [7, 11) is -4.15. The number of carbonyl (C=O) groups excluding carboxylic acids is 3. The average Bonchev–Trinajstić information content (AvgIpc) is 3.06. The third-order valence-corrected chi connectivity index (χ3v) is 7.33. The first-order valence-electron chi connectivity index (χ1n) is 10.5. The Morgan fingerprint density at radius 1 is 1.06 bits per heavy atom. The van der Waals surface area contributed by atoms with Gasteiger partial charge in [0.15, 0.2) is 0 Å². The highest BCUT2D eigenvalue weighted by Crippen LogP contribution is 2.34. The average molecular weight is 543 g/mol. The van der Waals surface area contributed by atoms with Crippen LogP contribution in [-0.4, -0.2) is 30.4 Å². The first-order valence-corrected chi connectivity index (χ1v) is 13.1. The maximum Gasteiger partial charge on any atom is 0.339 e. The molecule has 36 heavy (non-hydrogen) atoms. The van der Waals surface area contributed by atoms with Crippen molar-refractivity contribution in [1.29, 1.82) is 0 Å². The molecular formula is C25H19ClN2O6S2. The van der Waals surface area contributed by atoms with Crippen LogP contribution in [0.5, 0.6) is 5.75 Å². The largest absolute Gasteiger partial charge is 0.379 e. The zero-order valence-corrected chi connectivity index (χ0v) is 21.2. The molecule has 3 aromatic carbocycles. The summed E-state index contributed by atoms with van der Waals surface area (Å²) in [5, 5.41) is 2.65. The standard InChI is InChI=1S/C25H19ClN2O6S2/c1-16(29)27-20-8-10-22(11-9-20)36(32,33)34-21-7-3-4-17(13-21)14-23-24(30)28(25(31)35-23)15-18-5-2-6-19(26)12-18/h2-14H,15H2,1H3,(H,27,29)/b23-14-. The van der Waals surface area contributed by atoms with Crippen LogP contribution in [0.3, 0.4) is 0 Å². The van der Waals surface area contributed by atoms with E-state index < -0.39 is 21.3 Å². The van der Waals surface area contributed by atoms with Gasteiger partial charge in [0, 0.05) is 17.6 Å². The number of imide groups is 1. The fraction of sp³-hybridized carbons (Fsp3) is 0.0800. The number of anilines is 1. The fourth-order valence-corrected chi connectivity index (χ4v) is 5.32. The lowest BCUT2D eigenvalue weighted by molar-refractivity contribution is -0.123. The van der Waals surface area contributed by atoms with Gasteiger partial charge in [-0.15, -0.1) is 0 Å². The molecule has 3 amide bonds. The number of nitrogens with one attached hydrogen (secondary N) is 1. The molecule has 1 saturated heterocycles. The van der Waals surface area contributed by atoms with E-state index in [0.717, 1.165) is 22.2 Å². The SMILES string of the molecule is CC(=O)Nc1ccc(S(=O)(=O)Oc2cccc(/C=C3\SC(=O)N(Cc4cccc(Cl)c4)C3=O)c2)cc1. The molecule has 0 radical (unpaired) electrons. The van der Waals surface area contributed by atoms with Gasteiger partial charge in [0.25, 0.3) is 11.1 Å². The van der Waals surface area contributed by atoms with E-state index in [0.29, 0.717) is 16.3 Å². The van der Waals surface area contributed by atoms with Crippen molar-refractivity contribution in [1.82, 2.24) is 4.90 Å². The Labute approximate surface area is 217 Å². The van der Waals surface area contributed by atoms with Crippen LogP contribution in [0.15, 0.2) is 82.6 Å². The minimum atomic E-state index is -4.15. The number of hydrogen-bond donors (Lipinski definition) is 1. The number of hydrogen-bond acceptors (Lipinski definition) is 7. The van der Waals surface area contributed by atoms with E-state index in [1.54, 1.807) is 36.4 Å². The van der Waals surface area contributed by atoms with E-state index in [2.05, 4.69) is 5.32 Å². The summed E-state index contributed by atoms with van der Waals surface area (Å²) in [6, 6.07) is 18.6. The van der Waals surface area contributed by atoms with Crippen LogP contribution < -0.4 is 9.50 Å². The second kappa shape index (κ2) is 10.6. The lowest BCUT2D eigenvalue weighted by Gasteiger charge is -2.12. The van der Waals surface area contributed by atoms with Crippen molar-refractivity contribution in [2.24, 2.45) is 0 Å². The van der Waals surface area contributed by atoms with Gasteiger partial charge in [-0.05, 0) is 77.5 Å². The Kier molecular flexibility index (Phi) is 7.48. The molecule has 184 valence electrons. The minimum absolute atomic E-state index is 0.0350. The molecule has 8 nitrogen and oxygen atoms in total. The van der Waals surface area contributed by atoms with Crippen LogP contribution in [0.1, 0.15) is 18.1 Å². The number of rotatable bonds is 7. The number of amides is 3. The number of halogens is 1. The van der Waals surface area contributed by atoms with Crippen molar-refractivity contribution in [3.05, 3.63) is 93.9 Å². The van der Waals surface area contributed by atoms with Crippen molar-refractivity contribution in [2.45, 2.75) is 18.4 Å². The van der Waals surface area contributed by atoms with Crippen molar-refractivity contribution in [3.8, 4) is 5.75 Å². The van der Waals surface area contributed by atoms with Gasteiger partial charge >= 0.3 is 10.1 Å². The number of thioether (sulfide) groups is 1. The molecule has 0 bridgehead atoms. The third-order valence-electron chi connectivity index (χ3n) is 4.93. The van der Waals surface area contributed by atoms with Crippen LogP contribution in [0, 0.1) is 0 Å². The van der Waals surface area contributed by atoms with Crippen LogP contribution in [0.4, 0.5) is 10.5 Å². The van der Waals surface area contributed by atoms with E-state index in [1.807, 2.05) is 0 Å². The quantitative estimate of drug-likeness (QED) is 0.318. The Bertz CT molecular complexity index is 1490. The molecule has 4 rings (SSSR count). The van der Waals surface area contributed by atoms with E-state index in [9.17, 15) is 22.8 Å². The first kappa shape index (κ1) is 25.5. The molecule has 0 aromatic heterocycles. The maximum atomic E-state index is 12.8. The molecule has 0 spiro atoms. The Morgan fingerprint density at radius 2 is 1.78 bits per heavy atom.